The van der Waals surface area contributed by atoms with E-state index in [-0.39, 0.29) is 0 Å². The molecule has 0 saturated heterocycles. The van der Waals surface area contributed by atoms with Crippen LogP contribution in [0.3, 0.4) is 0 Å². The van der Waals surface area contributed by atoms with Crippen LogP contribution in [0.25, 0.3) is 133 Å². The van der Waals surface area contributed by atoms with E-state index in [0.717, 1.165) is 72.0 Å². The number of aromatic nitrogens is 5. The van der Waals surface area contributed by atoms with Crippen LogP contribution in [0.1, 0.15) is 0 Å². The molecular formula is C63H39N5. The standard InChI is InChI=1S/C63H39N5/c1-3-17-41(18-4-1)61-64-62(66-63(65-61)51-27-15-29-57-60(51)50-26-13-14-28-55(50)67(57)49-24-5-2-6-25-49)48-32-33-56(52(37-48)47-31-30-40-16-7-8-19-42(40)34-47)68-58-38-45-22-11-9-20-43(45)35-53(58)54-36-44-21-10-12-23-46(44)39-59(54)68/h1-39H. The minimum atomic E-state index is 0.602. The highest BCUT2D eigenvalue weighted by Crippen LogP contribution is 2.43. The summed E-state index contributed by atoms with van der Waals surface area (Å²) in [6.07, 6.45) is 0. The maximum Gasteiger partial charge on any atom is 0.164 e. The van der Waals surface area contributed by atoms with Crippen LogP contribution in [-0.2, 0) is 0 Å². The van der Waals surface area contributed by atoms with E-state index in [1.54, 1.807) is 0 Å². The molecule has 5 nitrogen and oxygen atoms in total. The smallest absolute Gasteiger partial charge is 0.164 e. The summed E-state index contributed by atoms with van der Waals surface area (Å²) in [6.45, 7) is 0. The minimum absolute atomic E-state index is 0.602. The third-order valence-electron chi connectivity index (χ3n) is 13.7. The fourth-order valence-electron chi connectivity index (χ4n) is 10.5. The molecule has 0 aliphatic heterocycles. The zero-order valence-corrected chi connectivity index (χ0v) is 36.8. The van der Waals surface area contributed by atoms with Crippen LogP contribution >= 0.6 is 0 Å². The molecule has 0 unspecified atom stereocenters. The van der Waals surface area contributed by atoms with E-state index in [1.807, 2.05) is 18.2 Å². The van der Waals surface area contributed by atoms with Crippen molar-refractivity contribution in [2.45, 2.75) is 0 Å². The summed E-state index contributed by atoms with van der Waals surface area (Å²) >= 11 is 0. The summed E-state index contributed by atoms with van der Waals surface area (Å²) in [6, 6.07) is 84.8. The second kappa shape index (κ2) is 15.2. The molecule has 0 saturated carbocycles. The molecule has 14 rings (SSSR count). The van der Waals surface area contributed by atoms with E-state index in [4.69, 9.17) is 15.0 Å². The van der Waals surface area contributed by atoms with E-state index in [0.29, 0.717) is 17.5 Å². The van der Waals surface area contributed by atoms with Gasteiger partial charge in [0.15, 0.2) is 17.5 Å². The Balaban J connectivity index is 1.05. The topological polar surface area (TPSA) is 48.5 Å². The number of nitrogens with zero attached hydrogens (tertiary/aromatic N) is 5. The van der Waals surface area contributed by atoms with Crippen molar-refractivity contribution in [3.63, 3.8) is 0 Å². The van der Waals surface area contributed by atoms with E-state index in [1.165, 1.54) is 43.1 Å². The second-order valence-electron chi connectivity index (χ2n) is 17.6. The Morgan fingerprint density at radius 1 is 0.265 bits per heavy atom. The molecule has 3 heterocycles. The summed E-state index contributed by atoms with van der Waals surface area (Å²) < 4.78 is 4.80. The molecule has 0 aliphatic rings. The first-order valence-electron chi connectivity index (χ1n) is 23.1. The number of fused-ring (bicyclic) bond motifs is 9. The highest BCUT2D eigenvalue weighted by Gasteiger charge is 2.22. The lowest BCUT2D eigenvalue weighted by Crippen LogP contribution is -2.02. The Kier molecular flexibility index (Phi) is 8.52. The van der Waals surface area contributed by atoms with Crippen molar-refractivity contribution in [1.29, 1.82) is 0 Å². The van der Waals surface area contributed by atoms with Crippen LogP contribution in [0.5, 0.6) is 0 Å². The van der Waals surface area contributed by atoms with Crippen LogP contribution in [0.15, 0.2) is 237 Å². The Bertz CT molecular complexity index is 4230. The zero-order chi connectivity index (χ0) is 44.7. The van der Waals surface area contributed by atoms with E-state index >= 15 is 0 Å². The highest BCUT2D eigenvalue weighted by molar-refractivity contribution is 6.18. The molecule has 0 N–H and O–H groups in total. The zero-order valence-electron chi connectivity index (χ0n) is 36.8. The van der Waals surface area contributed by atoms with Gasteiger partial charge in [-0.15, -0.1) is 0 Å². The number of rotatable bonds is 6. The maximum atomic E-state index is 5.45. The van der Waals surface area contributed by atoms with Gasteiger partial charge in [-0.05, 0) is 111 Å². The predicted molar refractivity (Wildman–Crippen MR) is 283 cm³/mol. The fraction of sp³-hybridized carbons (Fsp3) is 0. The monoisotopic (exact) mass is 865 g/mol. The summed E-state index contributed by atoms with van der Waals surface area (Å²) in [7, 11) is 0. The SMILES string of the molecule is c1ccc(-c2nc(-c3ccc(-n4c5cc6ccccc6cc5c5cc6ccccc6cc54)c(-c4ccc5ccccc5c4)c3)nc(-c3cccc4c3c3ccccc3n4-c3ccccc3)n2)cc1. The second-order valence-corrected chi connectivity index (χ2v) is 17.6. The van der Waals surface area contributed by atoms with Crippen molar-refractivity contribution in [3.8, 4) is 56.7 Å². The van der Waals surface area contributed by atoms with Crippen LogP contribution < -0.4 is 0 Å². The Morgan fingerprint density at radius 3 is 1.49 bits per heavy atom. The van der Waals surface area contributed by atoms with Crippen LogP contribution in [0.4, 0.5) is 0 Å². The Hall–Kier alpha value is -9.19. The first-order valence-corrected chi connectivity index (χ1v) is 23.1. The third kappa shape index (κ3) is 6.06. The summed E-state index contributed by atoms with van der Waals surface area (Å²) in [4.78, 5) is 16.0. The van der Waals surface area contributed by atoms with Crippen LogP contribution in [0, 0.1) is 0 Å². The lowest BCUT2D eigenvalue weighted by molar-refractivity contribution is 1.07. The van der Waals surface area contributed by atoms with Crippen molar-refractivity contribution in [1.82, 2.24) is 24.1 Å². The molecule has 68 heavy (non-hydrogen) atoms. The molecule has 11 aromatic carbocycles. The van der Waals surface area contributed by atoms with E-state index in [2.05, 4.69) is 228 Å². The summed E-state index contributed by atoms with van der Waals surface area (Å²) in [5.41, 5.74) is 11.6. The quantitative estimate of drug-likeness (QED) is 0.167. The molecular weight excluding hydrogens is 827 g/mol. The maximum absolute atomic E-state index is 5.45. The average Bonchev–Trinajstić information content (AvgIpc) is 3.91. The summed E-state index contributed by atoms with van der Waals surface area (Å²) in [5, 5.41) is 11.9. The fourth-order valence-corrected chi connectivity index (χ4v) is 10.5. The average molecular weight is 866 g/mol. The summed E-state index contributed by atoms with van der Waals surface area (Å²) in [5.74, 6) is 1.84. The molecule has 5 heteroatoms. The normalized spacial score (nSPS) is 11.8. The number of benzene rings is 11. The van der Waals surface area contributed by atoms with Gasteiger partial charge >= 0.3 is 0 Å². The van der Waals surface area contributed by atoms with Crippen molar-refractivity contribution < 1.29 is 0 Å². The molecule has 0 radical (unpaired) electrons. The van der Waals surface area contributed by atoms with Crippen molar-refractivity contribution in [3.05, 3.63) is 237 Å². The molecule has 316 valence electrons. The number of hydrogen-bond donors (Lipinski definition) is 0. The van der Waals surface area contributed by atoms with Gasteiger partial charge < -0.3 is 9.13 Å². The van der Waals surface area contributed by atoms with Gasteiger partial charge in [-0.2, -0.15) is 0 Å². The van der Waals surface area contributed by atoms with Gasteiger partial charge in [0, 0.05) is 49.5 Å². The highest BCUT2D eigenvalue weighted by atomic mass is 15.0. The lowest BCUT2D eigenvalue weighted by Gasteiger charge is -2.17. The van der Waals surface area contributed by atoms with Gasteiger partial charge in [0.2, 0.25) is 0 Å². The minimum Gasteiger partial charge on any atom is -0.309 e. The molecule has 0 atom stereocenters. The van der Waals surface area contributed by atoms with Gasteiger partial charge in [-0.25, -0.2) is 15.0 Å². The number of hydrogen-bond acceptors (Lipinski definition) is 3. The van der Waals surface area contributed by atoms with Gasteiger partial charge in [-0.3, -0.25) is 0 Å². The lowest BCUT2D eigenvalue weighted by atomic mass is 9.97. The van der Waals surface area contributed by atoms with Gasteiger partial charge in [0.25, 0.3) is 0 Å². The van der Waals surface area contributed by atoms with E-state index < -0.39 is 0 Å². The van der Waals surface area contributed by atoms with Crippen molar-refractivity contribution >= 4 is 75.9 Å². The van der Waals surface area contributed by atoms with Gasteiger partial charge in [0.1, 0.15) is 0 Å². The van der Waals surface area contributed by atoms with Crippen molar-refractivity contribution in [2.75, 3.05) is 0 Å². The third-order valence-corrected chi connectivity index (χ3v) is 13.7. The van der Waals surface area contributed by atoms with E-state index in [9.17, 15) is 0 Å². The molecule has 0 aliphatic carbocycles. The van der Waals surface area contributed by atoms with Gasteiger partial charge in [0.05, 0.1) is 27.8 Å². The molecule has 3 aromatic heterocycles. The molecule has 14 aromatic rings. The Labute approximate surface area is 391 Å². The van der Waals surface area contributed by atoms with Gasteiger partial charge in [-0.1, -0.05) is 164 Å². The molecule has 0 spiro atoms. The predicted octanol–water partition coefficient (Wildman–Crippen LogP) is 16.2. The van der Waals surface area contributed by atoms with Crippen LogP contribution in [-0.4, -0.2) is 24.1 Å². The molecule has 0 fully saturated rings. The largest absolute Gasteiger partial charge is 0.309 e. The van der Waals surface area contributed by atoms with Crippen molar-refractivity contribution in [2.24, 2.45) is 0 Å². The number of para-hydroxylation sites is 2. The first-order chi connectivity index (χ1) is 33.7. The Morgan fingerprint density at radius 2 is 0.794 bits per heavy atom. The van der Waals surface area contributed by atoms with Crippen LogP contribution in [0.2, 0.25) is 0 Å². The first kappa shape index (κ1) is 38.1. The molecule has 0 amide bonds. The molecule has 0 bridgehead atoms.